The zero-order valence-corrected chi connectivity index (χ0v) is 18.7. The molecule has 160 valence electrons. The number of nitrogens with one attached hydrogen (secondary N) is 1. The van der Waals surface area contributed by atoms with E-state index in [1.54, 1.807) is 18.3 Å². The molecule has 1 aliphatic rings. The molecule has 1 N–H and O–H groups in total. The lowest BCUT2D eigenvalue weighted by Gasteiger charge is -2.37. The van der Waals surface area contributed by atoms with E-state index in [4.69, 9.17) is 23.2 Å². The maximum absolute atomic E-state index is 13.2. The lowest BCUT2D eigenvalue weighted by molar-refractivity contribution is -0.134. The van der Waals surface area contributed by atoms with E-state index in [0.29, 0.717) is 43.2 Å². The highest BCUT2D eigenvalue weighted by Gasteiger charge is 2.30. The van der Waals surface area contributed by atoms with Crippen LogP contribution in [0.4, 0.5) is 5.82 Å². The summed E-state index contributed by atoms with van der Waals surface area (Å²) < 4.78 is 0. The highest BCUT2D eigenvalue weighted by molar-refractivity contribution is 6.36. The number of hydrogen-bond acceptors (Lipinski definition) is 4. The summed E-state index contributed by atoms with van der Waals surface area (Å²) in [7, 11) is 0. The predicted octanol–water partition coefficient (Wildman–Crippen LogP) is 3.88. The first-order valence-corrected chi connectivity index (χ1v) is 10.8. The Kier molecular flexibility index (Phi) is 7.56. The van der Waals surface area contributed by atoms with Crippen molar-refractivity contribution in [2.45, 2.75) is 26.3 Å². The van der Waals surface area contributed by atoms with Crippen LogP contribution in [0, 0.1) is 5.92 Å². The fourth-order valence-corrected chi connectivity index (χ4v) is 4.01. The average molecular weight is 449 g/mol. The summed E-state index contributed by atoms with van der Waals surface area (Å²) in [5, 5.41) is 3.60. The van der Waals surface area contributed by atoms with Gasteiger partial charge >= 0.3 is 0 Å². The number of carbonyl (C=O) groups is 2. The third-order valence-corrected chi connectivity index (χ3v) is 5.60. The molecule has 3 rings (SSSR count). The van der Waals surface area contributed by atoms with Crippen molar-refractivity contribution in [3.8, 4) is 0 Å². The Morgan fingerprint density at radius 2 is 1.83 bits per heavy atom. The summed E-state index contributed by atoms with van der Waals surface area (Å²) in [6.45, 7) is 6.63. The lowest BCUT2D eigenvalue weighted by Crippen LogP contribution is -2.55. The molecule has 8 heteroatoms. The van der Waals surface area contributed by atoms with Crippen LogP contribution in [0.25, 0.3) is 0 Å². The number of pyridine rings is 1. The lowest BCUT2D eigenvalue weighted by atomic mass is 10.0. The third kappa shape index (κ3) is 5.64. The van der Waals surface area contributed by atoms with Gasteiger partial charge in [-0.3, -0.25) is 9.59 Å². The molecule has 1 aromatic heterocycles. The normalized spacial score (nSPS) is 15.2. The van der Waals surface area contributed by atoms with Crippen LogP contribution >= 0.6 is 23.2 Å². The van der Waals surface area contributed by atoms with E-state index < -0.39 is 6.04 Å². The number of halogens is 2. The SMILES string of the molecule is CC(C)CC(NC(=O)c1ccc(Cl)cc1Cl)C(=O)N1CCN(c2ccccn2)CC1. The van der Waals surface area contributed by atoms with Gasteiger partial charge in [-0.05, 0) is 42.7 Å². The van der Waals surface area contributed by atoms with Crippen molar-refractivity contribution < 1.29 is 9.59 Å². The van der Waals surface area contributed by atoms with Crippen LogP contribution in [0.3, 0.4) is 0 Å². The van der Waals surface area contributed by atoms with Gasteiger partial charge in [0.05, 0.1) is 10.6 Å². The van der Waals surface area contributed by atoms with Gasteiger partial charge in [0.25, 0.3) is 5.91 Å². The van der Waals surface area contributed by atoms with Crippen LogP contribution < -0.4 is 10.2 Å². The number of rotatable bonds is 6. The summed E-state index contributed by atoms with van der Waals surface area (Å²) in [6.07, 6.45) is 2.32. The van der Waals surface area contributed by atoms with E-state index in [2.05, 4.69) is 15.2 Å². The molecule has 0 bridgehead atoms. The zero-order valence-electron chi connectivity index (χ0n) is 17.1. The van der Waals surface area contributed by atoms with Gasteiger partial charge < -0.3 is 15.1 Å². The van der Waals surface area contributed by atoms with Crippen molar-refractivity contribution in [1.29, 1.82) is 0 Å². The van der Waals surface area contributed by atoms with E-state index in [1.807, 2.05) is 36.9 Å². The quantitative estimate of drug-likeness (QED) is 0.727. The van der Waals surface area contributed by atoms with Crippen molar-refractivity contribution in [3.05, 3.63) is 58.2 Å². The third-order valence-electron chi connectivity index (χ3n) is 5.05. The molecule has 1 saturated heterocycles. The minimum Gasteiger partial charge on any atom is -0.353 e. The van der Waals surface area contributed by atoms with Crippen LogP contribution in [-0.2, 0) is 4.79 Å². The molecule has 0 saturated carbocycles. The largest absolute Gasteiger partial charge is 0.353 e. The van der Waals surface area contributed by atoms with Crippen molar-refractivity contribution in [2.24, 2.45) is 5.92 Å². The Labute approximate surface area is 187 Å². The molecule has 0 aliphatic carbocycles. The van der Waals surface area contributed by atoms with Crippen LogP contribution in [0.2, 0.25) is 10.0 Å². The molecule has 0 radical (unpaired) electrons. The first-order valence-electron chi connectivity index (χ1n) is 10.1. The Morgan fingerprint density at radius 3 is 2.43 bits per heavy atom. The van der Waals surface area contributed by atoms with E-state index in [0.717, 1.165) is 5.82 Å². The van der Waals surface area contributed by atoms with Gasteiger partial charge in [0.2, 0.25) is 5.91 Å². The smallest absolute Gasteiger partial charge is 0.253 e. The summed E-state index contributed by atoms with van der Waals surface area (Å²) in [5.41, 5.74) is 0.308. The topological polar surface area (TPSA) is 65.5 Å². The molecule has 1 aliphatic heterocycles. The minimum atomic E-state index is -0.606. The first-order chi connectivity index (χ1) is 14.3. The van der Waals surface area contributed by atoms with Gasteiger partial charge in [-0.15, -0.1) is 0 Å². The fourth-order valence-electron chi connectivity index (χ4n) is 3.52. The van der Waals surface area contributed by atoms with E-state index in [1.165, 1.54) is 6.07 Å². The number of nitrogens with zero attached hydrogens (tertiary/aromatic N) is 3. The summed E-state index contributed by atoms with van der Waals surface area (Å²) in [6, 6.07) is 9.90. The molecule has 2 amide bonds. The van der Waals surface area contributed by atoms with Gasteiger partial charge in [0, 0.05) is 37.4 Å². The number of aromatic nitrogens is 1. The molecule has 2 heterocycles. The number of benzene rings is 1. The minimum absolute atomic E-state index is 0.0668. The first kappa shape index (κ1) is 22.4. The molecule has 1 unspecified atom stereocenters. The van der Waals surface area contributed by atoms with Crippen LogP contribution in [0.5, 0.6) is 0 Å². The van der Waals surface area contributed by atoms with Gasteiger partial charge in [-0.25, -0.2) is 4.98 Å². The second kappa shape index (κ2) is 10.1. The number of hydrogen-bond donors (Lipinski definition) is 1. The number of piperazine rings is 1. The Morgan fingerprint density at radius 1 is 1.10 bits per heavy atom. The predicted molar refractivity (Wildman–Crippen MR) is 120 cm³/mol. The van der Waals surface area contributed by atoms with E-state index in [9.17, 15) is 9.59 Å². The number of carbonyl (C=O) groups excluding carboxylic acids is 2. The van der Waals surface area contributed by atoms with Crippen LogP contribution in [0.1, 0.15) is 30.6 Å². The Bertz CT molecular complexity index is 884. The monoisotopic (exact) mass is 448 g/mol. The summed E-state index contributed by atoms with van der Waals surface area (Å²) >= 11 is 12.1. The van der Waals surface area contributed by atoms with Gasteiger partial charge in [0.1, 0.15) is 11.9 Å². The van der Waals surface area contributed by atoms with Crippen molar-refractivity contribution in [2.75, 3.05) is 31.1 Å². The van der Waals surface area contributed by atoms with Crippen LogP contribution in [0.15, 0.2) is 42.6 Å². The molecular formula is C22H26Cl2N4O2. The van der Waals surface area contributed by atoms with E-state index in [-0.39, 0.29) is 22.8 Å². The highest BCUT2D eigenvalue weighted by Crippen LogP contribution is 2.22. The van der Waals surface area contributed by atoms with Crippen molar-refractivity contribution in [3.63, 3.8) is 0 Å². The molecule has 2 aromatic rings. The number of anilines is 1. The maximum atomic E-state index is 13.2. The van der Waals surface area contributed by atoms with Gasteiger partial charge in [0.15, 0.2) is 0 Å². The summed E-state index contributed by atoms with van der Waals surface area (Å²) in [4.78, 5) is 34.3. The molecule has 30 heavy (non-hydrogen) atoms. The standard InChI is InChI=1S/C22H26Cl2N4O2/c1-15(2)13-19(26-21(29)17-7-6-16(23)14-18(17)24)22(30)28-11-9-27(10-12-28)20-5-3-4-8-25-20/h3-8,14-15,19H,9-13H2,1-2H3,(H,26,29). The molecule has 1 aromatic carbocycles. The number of amides is 2. The fraction of sp³-hybridized carbons (Fsp3) is 0.409. The van der Waals surface area contributed by atoms with Gasteiger partial charge in [-0.2, -0.15) is 0 Å². The maximum Gasteiger partial charge on any atom is 0.253 e. The average Bonchev–Trinajstić information content (AvgIpc) is 2.73. The Hall–Kier alpha value is -2.31. The molecule has 0 spiro atoms. The van der Waals surface area contributed by atoms with E-state index >= 15 is 0 Å². The molecule has 6 nitrogen and oxygen atoms in total. The molecular weight excluding hydrogens is 423 g/mol. The van der Waals surface area contributed by atoms with Crippen molar-refractivity contribution in [1.82, 2.24) is 15.2 Å². The molecule has 1 atom stereocenters. The zero-order chi connectivity index (χ0) is 21.7. The Balaban J connectivity index is 1.66. The highest BCUT2D eigenvalue weighted by atomic mass is 35.5. The molecule has 1 fully saturated rings. The summed E-state index contributed by atoms with van der Waals surface area (Å²) in [5.74, 6) is 0.717. The second-order valence-corrected chi connectivity index (χ2v) is 8.62. The van der Waals surface area contributed by atoms with Gasteiger partial charge in [-0.1, -0.05) is 43.1 Å². The second-order valence-electron chi connectivity index (χ2n) is 7.78. The van der Waals surface area contributed by atoms with Crippen molar-refractivity contribution >= 4 is 40.8 Å². The van der Waals surface area contributed by atoms with Crippen LogP contribution in [-0.4, -0.2) is 53.9 Å².